The number of imide groups is 2. The number of ether oxygens (including phenoxy) is 2. The molecule has 1 aromatic rings. The molecule has 10 heteroatoms. The first-order valence-electron chi connectivity index (χ1n) is 8.89. The van der Waals surface area contributed by atoms with E-state index in [0.717, 1.165) is 4.90 Å². The number of rotatable bonds is 5. The number of carbonyl (C=O) groups is 4. The first kappa shape index (κ1) is 19.5. The van der Waals surface area contributed by atoms with Crippen molar-refractivity contribution < 1.29 is 28.7 Å². The van der Waals surface area contributed by atoms with Gasteiger partial charge in [-0.2, -0.15) is 0 Å². The number of nitrogens with zero attached hydrogens (tertiary/aromatic N) is 1. The first-order valence-corrected chi connectivity index (χ1v) is 8.89. The zero-order valence-electron chi connectivity index (χ0n) is 15.8. The summed E-state index contributed by atoms with van der Waals surface area (Å²) in [4.78, 5) is 49.8. The molecule has 0 unspecified atom stereocenters. The molecule has 0 spiro atoms. The second-order valence-electron chi connectivity index (χ2n) is 6.85. The molecule has 3 rings (SSSR count). The number of nitrogens with one attached hydrogen (secondary N) is 3. The number of hydrogen-bond acceptors (Lipinski definition) is 6. The fourth-order valence-electron chi connectivity index (χ4n) is 2.92. The van der Waals surface area contributed by atoms with Crippen molar-refractivity contribution in [2.24, 2.45) is 0 Å². The number of amides is 6. The lowest BCUT2D eigenvalue weighted by Gasteiger charge is -2.22. The lowest BCUT2D eigenvalue weighted by molar-refractivity contribution is -0.134. The maximum atomic E-state index is 12.9. The molecule has 150 valence electrons. The van der Waals surface area contributed by atoms with E-state index in [1.54, 1.807) is 25.1 Å². The van der Waals surface area contributed by atoms with Crippen molar-refractivity contribution in [3.8, 4) is 11.5 Å². The largest absolute Gasteiger partial charge is 0.454 e. The molecule has 0 saturated carbocycles. The van der Waals surface area contributed by atoms with E-state index in [2.05, 4.69) is 16.0 Å². The molecule has 2 atom stereocenters. The number of urea groups is 2. The fourth-order valence-corrected chi connectivity index (χ4v) is 2.92. The molecule has 0 aromatic heterocycles. The standard InChI is InChI=1S/C18H22N4O6/c1-4-10(2)19-16(25)20-14(23)8-22-15(24)18(3,21-17(22)26)11-5-6-12-13(7-11)28-9-27-12/h5-7,10H,4,8-9H2,1-3H3,(H,21,26)(H2,19,20,23,25)/t10-,18-/m0/s1. The highest BCUT2D eigenvalue weighted by Gasteiger charge is 2.50. The molecule has 2 aliphatic rings. The van der Waals surface area contributed by atoms with Crippen LogP contribution in [0, 0.1) is 0 Å². The average molecular weight is 390 g/mol. The summed E-state index contributed by atoms with van der Waals surface area (Å²) in [5, 5.41) is 7.29. The molecule has 1 saturated heterocycles. The van der Waals surface area contributed by atoms with Crippen LogP contribution in [0.4, 0.5) is 9.59 Å². The zero-order valence-corrected chi connectivity index (χ0v) is 15.8. The van der Waals surface area contributed by atoms with E-state index in [1.165, 1.54) is 6.92 Å². The zero-order chi connectivity index (χ0) is 20.5. The molecular weight excluding hydrogens is 368 g/mol. The van der Waals surface area contributed by atoms with Crippen molar-refractivity contribution in [2.75, 3.05) is 13.3 Å². The van der Waals surface area contributed by atoms with Crippen molar-refractivity contribution in [3.05, 3.63) is 23.8 Å². The molecule has 1 aromatic carbocycles. The van der Waals surface area contributed by atoms with Gasteiger partial charge in [-0.15, -0.1) is 0 Å². The topological polar surface area (TPSA) is 126 Å². The van der Waals surface area contributed by atoms with Crippen LogP contribution in [-0.2, 0) is 15.1 Å². The number of hydrogen-bond donors (Lipinski definition) is 3. The van der Waals surface area contributed by atoms with E-state index in [-0.39, 0.29) is 12.8 Å². The quantitative estimate of drug-likeness (QED) is 0.639. The van der Waals surface area contributed by atoms with Gasteiger partial charge in [0.25, 0.3) is 5.91 Å². The molecule has 2 heterocycles. The van der Waals surface area contributed by atoms with Crippen molar-refractivity contribution in [1.82, 2.24) is 20.9 Å². The monoisotopic (exact) mass is 390 g/mol. The molecule has 0 radical (unpaired) electrons. The van der Waals surface area contributed by atoms with E-state index in [9.17, 15) is 19.2 Å². The van der Waals surface area contributed by atoms with Crippen LogP contribution >= 0.6 is 0 Å². The predicted octanol–water partition coefficient (Wildman–Crippen LogP) is 0.807. The van der Waals surface area contributed by atoms with E-state index in [0.29, 0.717) is 23.5 Å². The SMILES string of the molecule is CC[C@H](C)NC(=O)NC(=O)CN1C(=O)N[C@@](C)(c2ccc3c(c2)OCO3)C1=O. The summed E-state index contributed by atoms with van der Waals surface area (Å²) >= 11 is 0. The lowest BCUT2D eigenvalue weighted by Crippen LogP contribution is -2.48. The third-order valence-corrected chi connectivity index (χ3v) is 4.77. The molecule has 0 aliphatic carbocycles. The Labute approximate surface area is 161 Å². The van der Waals surface area contributed by atoms with Gasteiger partial charge in [-0.25, -0.2) is 9.59 Å². The van der Waals surface area contributed by atoms with E-state index < -0.39 is 36.0 Å². The minimum atomic E-state index is -1.36. The Morgan fingerprint density at radius 2 is 2.00 bits per heavy atom. The average Bonchev–Trinajstić information content (AvgIpc) is 3.19. The normalized spacial score (nSPS) is 21.3. The predicted molar refractivity (Wildman–Crippen MR) is 96.6 cm³/mol. The molecule has 0 bridgehead atoms. The Bertz CT molecular complexity index is 841. The molecule has 2 aliphatic heterocycles. The van der Waals surface area contributed by atoms with Crippen LogP contribution in [0.15, 0.2) is 18.2 Å². The van der Waals surface area contributed by atoms with Crippen LogP contribution in [0.3, 0.4) is 0 Å². The summed E-state index contributed by atoms with van der Waals surface area (Å²) in [5.41, 5.74) is -0.871. The molecular formula is C18H22N4O6. The summed E-state index contributed by atoms with van der Waals surface area (Å²) in [6, 6.07) is 3.40. The summed E-state index contributed by atoms with van der Waals surface area (Å²) < 4.78 is 10.6. The Kier molecular flexibility index (Phi) is 5.12. The molecule has 1 fully saturated rings. The lowest BCUT2D eigenvalue weighted by atomic mass is 9.91. The number of carbonyl (C=O) groups excluding carboxylic acids is 4. The van der Waals surface area contributed by atoms with Gasteiger partial charge in [0.1, 0.15) is 12.1 Å². The van der Waals surface area contributed by atoms with E-state index >= 15 is 0 Å². The van der Waals surface area contributed by atoms with Crippen molar-refractivity contribution >= 4 is 23.9 Å². The van der Waals surface area contributed by atoms with Gasteiger partial charge in [0, 0.05) is 6.04 Å². The molecule has 28 heavy (non-hydrogen) atoms. The van der Waals surface area contributed by atoms with Crippen molar-refractivity contribution in [2.45, 2.75) is 38.8 Å². The van der Waals surface area contributed by atoms with Crippen LogP contribution in [0.5, 0.6) is 11.5 Å². The second kappa shape index (κ2) is 7.37. The maximum Gasteiger partial charge on any atom is 0.325 e. The Balaban J connectivity index is 1.69. The number of benzene rings is 1. The van der Waals surface area contributed by atoms with Crippen molar-refractivity contribution in [3.63, 3.8) is 0 Å². The van der Waals surface area contributed by atoms with Gasteiger partial charge in [-0.05, 0) is 38.0 Å². The summed E-state index contributed by atoms with van der Waals surface area (Å²) in [6.07, 6.45) is 0.697. The minimum Gasteiger partial charge on any atom is -0.454 e. The smallest absolute Gasteiger partial charge is 0.325 e. The summed E-state index contributed by atoms with van der Waals surface area (Å²) in [7, 11) is 0. The summed E-state index contributed by atoms with van der Waals surface area (Å²) in [6.45, 7) is 4.73. The highest BCUT2D eigenvalue weighted by molar-refractivity contribution is 6.10. The third-order valence-electron chi connectivity index (χ3n) is 4.77. The highest BCUT2D eigenvalue weighted by atomic mass is 16.7. The van der Waals surface area contributed by atoms with Gasteiger partial charge in [0.15, 0.2) is 11.5 Å². The molecule has 6 amide bonds. The van der Waals surface area contributed by atoms with E-state index in [4.69, 9.17) is 9.47 Å². The van der Waals surface area contributed by atoms with Crippen LogP contribution < -0.4 is 25.4 Å². The van der Waals surface area contributed by atoms with Crippen LogP contribution in [0.1, 0.15) is 32.8 Å². The maximum absolute atomic E-state index is 12.9. The van der Waals surface area contributed by atoms with E-state index in [1.807, 2.05) is 6.92 Å². The third kappa shape index (κ3) is 3.57. The van der Waals surface area contributed by atoms with Gasteiger partial charge in [0.05, 0.1) is 0 Å². The van der Waals surface area contributed by atoms with Crippen LogP contribution in [0.25, 0.3) is 0 Å². The van der Waals surface area contributed by atoms with Crippen molar-refractivity contribution in [1.29, 1.82) is 0 Å². The summed E-state index contributed by atoms with van der Waals surface area (Å²) in [5.74, 6) is -0.348. The van der Waals surface area contributed by atoms with Gasteiger partial charge in [0.2, 0.25) is 12.7 Å². The van der Waals surface area contributed by atoms with Gasteiger partial charge < -0.3 is 20.1 Å². The Morgan fingerprint density at radius 1 is 1.29 bits per heavy atom. The highest BCUT2D eigenvalue weighted by Crippen LogP contribution is 2.37. The van der Waals surface area contributed by atoms with Crippen LogP contribution in [0.2, 0.25) is 0 Å². The van der Waals surface area contributed by atoms with Gasteiger partial charge >= 0.3 is 12.1 Å². The second-order valence-corrected chi connectivity index (χ2v) is 6.85. The minimum absolute atomic E-state index is 0.0841. The number of fused-ring (bicyclic) bond motifs is 1. The molecule has 3 N–H and O–H groups in total. The Morgan fingerprint density at radius 3 is 2.71 bits per heavy atom. The Hall–Kier alpha value is -3.30. The van der Waals surface area contributed by atoms with Crippen LogP contribution in [-0.4, -0.2) is 48.2 Å². The first-order chi connectivity index (χ1) is 13.2. The van der Waals surface area contributed by atoms with Gasteiger partial charge in [-0.3, -0.25) is 19.8 Å². The molecule has 10 nitrogen and oxygen atoms in total. The fraction of sp³-hybridized carbons (Fsp3) is 0.444. The van der Waals surface area contributed by atoms with Gasteiger partial charge in [-0.1, -0.05) is 13.0 Å².